The van der Waals surface area contributed by atoms with Crippen LogP contribution in [-0.2, 0) is 29.6 Å². The van der Waals surface area contributed by atoms with E-state index in [0.717, 1.165) is 56.8 Å². The summed E-state index contributed by atoms with van der Waals surface area (Å²) in [5.74, 6) is -0.173. The number of aromatic nitrogens is 2. The number of nitrogens with zero attached hydrogens (tertiary/aromatic N) is 5. The summed E-state index contributed by atoms with van der Waals surface area (Å²) in [4.78, 5) is 43.6. The number of rotatable bonds is 9. The lowest BCUT2D eigenvalue weighted by molar-refractivity contribution is -0.134. The Morgan fingerprint density at radius 2 is 1.74 bits per heavy atom. The maximum Gasteiger partial charge on any atom is 0.274 e. The molecule has 31 heavy (non-hydrogen) atoms. The van der Waals surface area contributed by atoms with Crippen LogP contribution in [0.3, 0.4) is 0 Å². The fraction of sp³-hybridized carbons (Fsp3) is 0.727. The molecule has 1 aromatic rings. The zero-order valence-corrected chi connectivity index (χ0v) is 19.2. The van der Waals surface area contributed by atoms with Crippen LogP contribution < -0.4 is 5.32 Å². The van der Waals surface area contributed by atoms with E-state index in [1.807, 2.05) is 11.9 Å². The number of nitrogens with one attached hydrogen (secondary N) is 1. The molecule has 1 aromatic heterocycles. The number of fused-ring (bicyclic) bond motifs is 1. The van der Waals surface area contributed by atoms with Gasteiger partial charge in [-0.15, -0.1) is 0 Å². The van der Waals surface area contributed by atoms with Crippen molar-refractivity contribution in [2.75, 3.05) is 45.8 Å². The lowest BCUT2D eigenvalue weighted by atomic mass is 10.0. The molecule has 3 heterocycles. The van der Waals surface area contributed by atoms with Gasteiger partial charge in [-0.1, -0.05) is 13.8 Å². The van der Waals surface area contributed by atoms with Crippen molar-refractivity contribution < 1.29 is 14.4 Å². The Bertz CT molecular complexity index is 795. The molecule has 0 aromatic carbocycles. The van der Waals surface area contributed by atoms with E-state index < -0.39 is 0 Å². The smallest absolute Gasteiger partial charge is 0.274 e. The van der Waals surface area contributed by atoms with Gasteiger partial charge in [-0.05, 0) is 25.9 Å². The second kappa shape index (κ2) is 10.7. The molecule has 9 heteroatoms. The molecule has 1 N–H and O–H groups in total. The topological polar surface area (TPSA) is 90.8 Å². The molecule has 1 fully saturated rings. The lowest BCUT2D eigenvalue weighted by Crippen LogP contribution is -2.38. The first kappa shape index (κ1) is 23.2. The Morgan fingerprint density at radius 1 is 1.03 bits per heavy atom. The maximum absolute atomic E-state index is 12.9. The summed E-state index contributed by atoms with van der Waals surface area (Å²) in [6.07, 6.45) is 3.10. The van der Waals surface area contributed by atoms with E-state index in [4.69, 9.17) is 0 Å². The summed E-state index contributed by atoms with van der Waals surface area (Å²) in [7, 11) is 1.86. The predicted molar refractivity (Wildman–Crippen MR) is 117 cm³/mol. The molecule has 172 valence electrons. The minimum absolute atomic E-state index is 0.0313. The molecule has 0 radical (unpaired) electrons. The monoisotopic (exact) mass is 432 g/mol. The molecular formula is C22H36N6O3. The van der Waals surface area contributed by atoms with Crippen LogP contribution in [0.5, 0.6) is 0 Å². The second-order valence-corrected chi connectivity index (χ2v) is 8.34. The van der Waals surface area contributed by atoms with Crippen LogP contribution >= 0.6 is 0 Å². The number of hydrogen-bond acceptors (Lipinski definition) is 5. The van der Waals surface area contributed by atoms with Crippen LogP contribution in [0.4, 0.5) is 0 Å². The van der Waals surface area contributed by atoms with Gasteiger partial charge >= 0.3 is 0 Å². The zero-order valence-electron chi connectivity index (χ0n) is 19.2. The van der Waals surface area contributed by atoms with E-state index >= 15 is 0 Å². The van der Waals surface area contributed by atoms with Gasteiger partial charge < -0.3 is 20.0 Å². The lowest BCUT2D eigenvalue weighted by Gasteiger charge is -2.28. The van der Waals surface area contributed by atoms with Crippen molar-refractivity contribution in [3.05, 3.63) is 17.0 Å². The Morgan fingerprint density at radius 3 is 2.42 bits per heavy atom. The zero-order chi connectivity index (χ0) is 22.4. The summed E-state index contributed by atoms with van der Waals surface area (Å²) in [5, 5.41) is 7.39. The van der Waals surface area contributed by atoms with Gasteiger partial charge in [0, 0.05) is 76.8 Å². The first-order chi connectivity index (χ1) is 14.9. The average molecular weight is 433 g/mol. The standard InChI is InChI=1S/C22H36N6O3/c1-4-26(5-2)15-11-23-19(29)8-9-20(30)28-14-10-18-17(16-28)21(24-25(18)3)22(31)27-12-6-7-13-27/h4-16H2,1-3H3,(H,23,29). The van der Waals surface area contributed by atoms with E-state index in [9.17, 15) is 14.4 Å². The molecule has 2 aliphatic heterocycles. The van der Waals surface area contributed by atoms with Gasteiger partial charge in [0.2, 0.25) is 11.8 Å². The quantitative estimate of drug-likeness (QED) is 0.623. The number of amides is 3. The molecule has 0 atom stereocenters. The largest absolute Gasteiger partial charge is 0.355 e. The summed E-state index contributed by atoms with van der Waals surface area (Å²) in [6, 6.07) is 0. The Labute approximate surface area is 184 Å². The minimum Gasteiger partial charge on any atom is -0.355 e. The molecule has 0 unspecified atom stereocenters. The predicted octanol–water partition coefficient (Wildman–Crippen LogP) is 0.779. The van der Waals surface area contributed by atoms with Crippen LogP contribution in [0.1, 0.15) is 61.3 Å². The van der Waals surface area contributed by atoms with Crippen LogP contribution in [0, 0.1) is 0 Å². The summed E-state index contributed by atoms with van der Waals surface area (Å²) in [5.41, 5.74) is 2.37. The molecule has 0 saturated carbocycles. The Hall–Kier alpha value is -2.42. The molecule has 3 rings (SSSR count). The molecule has 1 saturated heterocycles. The highest BCUT2D eigenvalue weighted by molar-refractivity contribution is 5.94. The first-order valence-corrected chi connectivity index (χ1v) is 11.5. The van der Waals surface area contributed by atoms with Crippen LogP contribution in [0.15, 0.2) is 0 Å². The fourth-order valence-corrected chi connectivity index (χ4v) is 4.41. The maximum atomic E-state index is 12.9. The van der Waals surface area contributed by atoms with Crippen LogP contribution in [0.25, 0.3) is 0 Å². The molecule has 3 amide bonds. The number of carbonyl (C=O) groups is 3. The molecule has 0 bridgehead atoms. The second-order valence-electron chi connectivity index (χ2n) is 8.34. The van der Waals surface area contributed by atoms with Crippen molar-refractivity contribution in [3.8, 4) is 0 Å². The van der Waals surface area contributed by atoms with Crippen molar-refractivity contribution >= 4 is 17.7 Å². The van der Waals surface area contributed by atoms with Crippen molar-refractivity contribution in [1.29, 1.82) is 0 Å². The van der Waals surface area contributed by atoms with E-state index in [0.29, 0.717) is 31.7 Å². The van der Waals surface area contributed by atoms with Gasteiger partial charge in [0.05, 0.1) is 0 Å². The number of hydrogen-bond donors (Lipinski definition) is 1. The van der Waals surface area contributed by atoms with Gasteiger partial charge in [0.1, 0.15) is 0 Å². The van der Waals surface area contributed by atoms with Crippen molar-refractivity contribution in [1.82, 2.24) is 29.8 Å². The SMILES string of the molecule is CCN(CC)CCNC(=O)CCC(=O)N1CCc2c(c(C(=O)N3CCCC3)nn2C)C1. The Balaban J connectivity index is 1.52. The third-order valence-electron chi connectivity index (χ3n) is 6.40. The first-order valence-electron chi connectivity index (χ1n) is 11.5. The number of likely N-dealkylation sites (tertiary alicyclic amines) is 1. The number of carbonyl (C=O) groups excluding carboxylic acids is 3. The third-order valence-corrected chi connectivity index (χ3v) is 6.40. The number of aryl methyl sites for hydroxylation is 1. The summed E-state index contributed by atoms with van der Waals surface area (Å²) < 4.78 is 1.78. The number of likely N-dealkylation sites (N-methyl/N-ethyl adjacent to an activating group) is 1. The highest BCUT2D eigenvalue weighted by atomic mass is 16.2. The van der Waals surface area contributed by atoms with E-state index in [2.05, 4.69) is 29.2 Å². The highest BCUT2D eigenvalue weighted by Crippen LogP contribution is 2.25. The van der Waals surface area contributed by atoms with Gasteiger partial charge in [-0.2, -0.15) is 5.10 Å². The normalized spacial score (nSPS) is 16.0. The van der Waals surface area contributed by atoms with Crippen molar-refractivity contribution in [3.63, 3.8) is 0 Å². The molecule has 2 aliphatic rings. The Kier molecular flexibility index (Phi) is 8.06. The van der Waals surface area contributed by atoms with E-state index in [1.54, 1.807) is 9.58 Å². The molecular weight excluding hydrogens is 396 g/mol. The molecule has 0 aliphatic carbocycles. The minimum atomic E-state index is -0.0931. The van der Waals surface area contributed by atoms with Crippen LogP contribution in [0.2, 0.25) is 0 Å². The van der Waals surface area contributed by atoms with Gasteiger partial charge in [-0.3, -0.25) is 19.1 Å². The fourth-order valence-electron chi connectivity index (χ4n) is 4.41. The van der Waals surface area contributed by atoms with E-state index in [-0.39, 0.29) is 30.6 Å². The highest BCUT2D eigenvalue weighted by Gasteiger charge is 2.31. The van der Waals surface area contributed by atoms with Gasteiger partial charge in [-0.25, -0.2) is 0 Å². The summed E-state index contributed by atoms with van der Waals surface area (Å²) >= 11 is 0. The molecule has 9 nitrogen and oxygen atoms in total. The van der Waals surface area contributed by atoms with Crippen LogP contribution in [-0.4, -0.2) is 88.0 Å². The van der Waals surface area contributed by atoms with Crippen molar-refractivity contribution in [2.45, 2.75) is 52.5 Å². The van der Waals surface area contributed by atoms with Gasteiger partial charge in [0.25, 0.3) is 5.91 Å². The third kappa shape index (κ3) is 5.64. The van der Waals surface area contributed by atoms with Gasteiger partial charge in [0.15, 0.2) is 5.69 Å². The average Bonchev–Trinajstić information content (AvgIpc) is 3.43. The molecule has 0 spiro atoms. The van der Waals surface area contributed by atoms with Crippen molar-refractivity contribution in [2.24, 2.45) is 7.05 Å². The van der Waals surface area contributed by atoms with E-state index in [1.165, 1.54) is 0 Å². The summed E-state index contributed by atoms with van der Waals surface area (Å²) in [6.45, 7) is 10.0.